The molecule has 2 saturated heterocycles. The number of nitrogens with one attached hydrogen (secondary N) is 1. The van der Waals surface area contributed by atoms with Crippen LogP contribution >= 0.6 is 12.2 Å². The Kier molecular flexibility index (Phi) is 7.04. The minimum absolute atomic E-state index is 0.0270. The molecule has 5 rings (SSSR count). The van der Waals surface area contributed by atoms with Crippen molar-refractivity contribution in [2.45, 2.75) is 32.4 Å². The number of hydrogen-bond donors (Lipinski definition) is 2. The first-order valence-electron chi connectivity index (χ1n) is 12.3. The first-order valence-corrected chi connectivity index (χ1v) is 12.7. The van der Waals surface area contributed by atoms with Crippen LogP contribution in [-0.4, -0.2) is 69.0 Å². The summed E-state index contributed by atoms with van der Waals surface area (Å²) in [5.41, 5.74) is 5.58. The van der Waals surface area contributed by atoms with Gasteiger partial charge < -0.3 is 24.6 Å². The molecule has 2 N–H and O–H groups in total. The lowest BCUT2D eigenvalue weighted by Crippen LogP contribution is -2.39. The first kappa shape index (κ1) is 23.8. The summed E-state index contributed by atoms with van der Waals surface area (Å²) < 4.78 is 7.75. The van der Waals surface area contributed by atoms with Crippen LogP contribution in [0.3, 0.4) is 0 Å². The van der Waals surface area contributed by atoms with Crippen LogP contribution in [-0.2, 0) is 4.74 Å². The van der Waals surface area contributed by atoms with E-state index in [0.717, 1.165) is 68.0 Å². The summed E-state index contributed by atoms with van der Waals surface area (Å²) in [4.78, 5) is 9.50. The summed E-state index contributed by atoms with van der Waals surface area (Å²) in [5.74, 6) is 0.267. The Morgan fingerprint density at radius 3 is 2.57 bits per heavy atom. The van der Waals surface area contributed by atoms with E-state index >= 15 is 0 Å². The van der Waals surface area contributed by atoms with E-state index in [1.165, 1.54) is 11.3 Å². The van der Waals surface area contributed by atoms with Gasteiger partial charge in [-0.3, -0.25) is 9.88 Å². The van der Waals surface area contributed by atoms with Gasteiger partial charge in [0.05, 0.1) is 31.0 Å². The van der Waals surface area contributed by atoms with Gasteiger partial charge >= 0.3 is 0 Å². The van der Waals surface area contributed by atoms with Crippen LogP contribution in [0.25, 0.3) is 5.69 Å². The topological polar surface area (TPSA) is 65.8 Å². The summed E-state index contributed by atoms with van der Waals surface area (Å²) in [7, 11) is 0. The molecule has 2 aromatic heterocycles. The maximum atomic E-state index is 9.77. The number of morpholine rings is 1. The van der Waals surface area contributed by atoms with Gasteiger partial charge in [0.25, 0.3) is 0 Å². The third-order valence-electron chi connectivity index (χ3n) is 7.07. The van der Waals surface area contributed by atoms with Crippen molar-refractivity contribution in [3.05, 3.63) is 77.4 Å². The highest BCUT2D eigenvalue weighted by Crippen LogP contribution is 2.41. The number of benzene rings is 1. The van der Waals surface area contributed by atoms with Gasteiger partial charge in [0.15, 0.2) is 5.11 Å². The smallest absolute Gasteiger partial charge is 0.170 e. The van der Waals surface area contributed by atoms with E-state index in [9.17, 15) is 5.11 Å². The van der Waals surface area contributed by atoms with E-state index in [4.69, 9.17) is 17.0 Å². The van der Waals surface area contributed by atoms with E-state index in [1.807, 2.05) is 30.5 Å². The number of pyridine rings is 1. The standard InChI is InChI=1S/C27H33N5O2S/c1-19-18-23(20(2)32(19)21-7-9-22(33)10-8-21)26-25(24-6-3-4-11-28-24)29-27(35)31(26)13-5-12-30-14-16-34-17-15-30/h3-4,6-11,18,25-26,33H,5,12-17H2,1-2H3,(H,29,35). The molecule has 2 aliphatic rings. The van der Waals surface area contributed by atoms with Gasteiger partial charge in [-0.25, -0.2) is 0 Å². The van der Waals surface area contributed by atoms with Crippen LogP contribution in [0.15, 0.2) is 54.7 Å². The molecule has 0 radical (unpaired) electrons. The summed E-state index contributed by atoms with van der Waals surface area (Å²) in [6.07, 6.45) is 2.88. The molecular formula is C27H33N5O2S. The predicted octanol–water partition coefficient (Wildman–Crippen LogP) is 3.89. The molecule has 3 aromatic rings. The molecule has 2 aliphatic heterocycles. The Morgan fingerprint density at radius 1 is 1.09 bits per heavy atom. The molecule has 0 bridgehead atoms. The van der Waals surface area contributed by atoms with Crippen molar-refractivity contribution in [3.8, 4) is 11.4 Å². The Hall–Kier alpha value is -2.94. The summed E-state index contributed by atoms with van der Waals surface area (Å²) in [6, 6.07) is 15.7. The lowest BCUT2D eigenvalue weighted by atomic mass is 9.96. The number of ether oxygens (including phenoxy) is 1. The zero-order valence-corrected chi connectivity index (χ0v) is 21.2. The number of aromatic hydroxyl groups is 1. The number of aryl methyl sites for hydroxylation is 1. The van der Waals surface area contributed by atoms with Gasteiger partial charge in [0.2, 0.25) is 0 Å². The number of thiocarbonyl (C=S) groups is 1. The molecule has 7 nitrogen and oxygen atoms in total. The number of nitrogens with zero attached hydrogens (tertiary/aromatic N) is 4. The average Bonchev–Trinajstić information content (AvgIpc) is 3.36. The van der Waals surface area contributed by atoms with Gasteiger partial charge in [-0.2, -0.15) is 0 Å². The summed E-state index contributed by atoms with van der Waals surface area (Å²) in [5, 5.41) is 14.1. The van der Waals surface area contributed by atoms with Crippen molar-refractivity contribution in [1.29, 1.82) is 0 Å². The Balaban J connectivity index is 1.47. The molecule has 4 heterocycles. The zero-order chi connectivity index (χ0) is 24.4. The number of aromatic nitrogens is 2. The van der Waals surface area contributed by atoms with Crippen molar-refractivity contribution in [3.63, 3.8) is 0 Å². The highest BCUT2D eigenvalue weighted by atomic mass is 32.1. The maximum absolute atomic E-state index is 9.77. The minimum atomic E-state index is -0.0270. The van der Waals surface area contributed by atoms with Crippen LogP contribution in [0, 0.1) is 13.8 Å². The summed E-state index contributed by atoms with van der Waals surface area (Å²) in [6.45, 7) is 9.83. The van der Waals surface area contributed by atoms with Crippen molar-refractivity contribution in [2.24, 2.45) is 0 Å². The average molecular weight is 492 g/mol. The fourth-order valence-corrected chi connectivity index (χ4v) is 5.69. The molecular weight excluding hydrogens is 458 g/mol. The van der Waals surface area contributed by atoms with E-state index in [1.54, 1.807) is 12.1 Å². The largest absolute Gasteiger partial charge is 0.508 e. The SMILES string of the molecule is Cc1cc(C2C(c3ccccn3)NC(=S)N2CCCN2CCOCC2)c(C)n1-c1ccc(O)cc1. The van der Waals surface area contributed by atoms with Crippen LogP contribution in [0.1, 0.15) is 41.1 Å². The number of rotatable bonds is 7. The van der Waals surface area contributed by atoms with Gasteiger partial charge in [0, 0.05) is 49.5 Å². The quantitative estimate of drug-likeness (QED) is 0.486. The molecule has 0 spiro atoms. The van der Waals surface area contributed by atoms with Crippen molar-refractivity contribution in [2.75, 3.05) is 39.4 Å². The molecule has 0 amide bonds. The fraction of sp³-hybridized carbons (Fsp3) is 0.407. The van der Waals surface area contributed by atoms with E-state index < -0.39 is 0 Å². The molecule has 1 aromatic carbocycles. The van der Waals surface area contributed by atoms with Crippen LogP contribution in [0.5, 0.6) is 5.75 Å². The lowest BCUT2D eigenvalue weighted by Gasteiger charge is -2.30. The van der Waals surface area contributed by atoms with E-state index in [2.05, 4.69) is 50.6 Å². The van der Waals surface area contributed by atoms with E-state index in [-0.39, 0.29) is 17.8 Å². The van der Waals surface area contributed by atoms with E-state index in [0.29, 0.717) is 0 Å². The van der Waals surface area contributed by atoms with Gasteiger partial charge in [-0.1, -0.05) is 6.07 Å². The minimum Gasteiger partial charge on any atom is -0.508 e. The summed E-state index contributed by atoms with van der Waals surface area (Å²) >= 11 is 5.87. The molecule has 8 heteroatoms. The van der Waals surface area contributed by atoms with Gasteiger partial charge in [0.1, 0.15) is 5.75 Å². The maximum Gasteiger partial charge on any atom is 0.170 e. The predicted molar refractivity (Wildman–Crippen MR) is 141 cm³/mol. The van der Waals surface area contributed by atoms with Gasteiger partial charge in [-0.05, 0) is 80.5 Å². The second-order valence-corrected chi connectivity index (χ2v) is 9.69. The second kappa shape index (κ2) is 10.4. The van der Waals surface area contributed by atoms with Crippen molar-refractivity contribution < 1.29 is 9.84 Å². The van der Waals surface area contributed by atoms with Crippen molar-refractivity contribution >= 4 is 17.3 Å². The molecule has 2 fully saturated rings. The Bertz CT molecular complexity index is 1160. The Labute approximate surface area is 212 Å². The highest BCUT2D eigenvalue weighted by Gasteiger charge is 2.41. The Morgan fingerprint density at radius 2 is 1.86 bits per heavy atom. The van der Waals surface area contributed by atoms with Crippen LogP contribution in [0.2, 0.25) is 0 Å². The molecule has 2 atom stereocenters. The highest BCUT2D eigenvalue weighted by molar-refractivity contribution is 7.80. The zero-order valence-electron chi connectivity index (χ0n) is 20.4. The fourth-order valence-electron chi connectivity index (χ4n) is 5.36. The molecule has 2 unspecified atom stereocenters. The third-order valence-corrected chi connectivity index (χ3v) is 7.42. The second-order valence-electron chi connectivity index (χ2n) is 9.31. The van der Waals surface area contributed by atoms with Crippen LogP contribution in [0.4, 0.5) is 0 Å². The normalized spacial score (nSPS) is 20.9. The number of hydrogen-bond acceptors (Lipinski definition) is 5. The lowest BCUT2D eigenvalue weighted by molar-refractivity contribution is 0.0365. The molecule has 35 heavy (non-hydrogen) atoms. The van der Waals surface area contributed by atoms with Crippen molar-refractivity contribution in [1.82, 2.24) is 24.7 Å². The monoisotopic (exact) mass is 491 g/mol. The van der Waals surface area contributed by atoms with Gasteiger partial charge in [-0.15, -0.1) is 0 Å². The number of phenols is 1. The third kappa shape index (κ3) is 4.91. The first-order chi connectivity index (χ1) is 17.0. The van der Waals surface area contributed by atoms with Crippen LogP contribution < -0.4 is 5.32 Å². The molecule has 184 valence electrons. The molecule has 0 saturated carbocycles. The number of phenolic OH excluding ortho intramolecular Hbond substituents is 1. The molecule has 0 aliphatic carbocycles.